The third-order valence-electron chi connectivity index (χ3n) is 3.57. The van der Waals surface area contributed by atoms with Crippen molar-refractivity contribution < 1.29 is 14.3 Å². The number of hydrogen-bond acceptors (Lipinski definition) is 3. The molecule has 0 aliphatic rings. The molecule has 0 spiro atoms. The van der Waals surface area contributed by atoms with Crippen LogP contribution in [-0.2, 0) is 0 Å². The summed E-state index contributed by atoms with van der Waals surface area (Å²) in [4.78, 5) is 13.0. The van der Waals surface area contributed by atoms with E-state index in [0.29, 0.717) is 17.3 Å². The molecule has 0 radical (unpaired) electrons. The van der Waals surface area contributed by atoms with Gasteiger partial charge in [-0.25, -0.2) is 9.18 Å². The molecule has 1 atom stereocenters. The highest BCUT2D eigenvalue weighted by molar-refractivity contribution is 6.30. The molecule has 0 saturated heterocycles. The molecule has 1 unspecified atom stereocenters. The first kappa shape index (κ1) is 17.2. The number of benzene rings is 2. The first-order chi connectivity index (χ1) is 10.9. The van der Waals surface area contributed by atoms with Gasteiger partial charge in [0.1, 0.15) is 5.82 Å². The Labute approximate surface area is 139 Å². The molecule has 0 aliphatic carbocycles. The van der Waals surface area contributed by atoms with Crippen LogP contribution in [0.15, 0.2) is 42.5 Å². The van der Waals surface area contributed by atoms with Gasteiger partial charge in [0.05, 0.1) is 11.6 Å². The molecule has 0 aromatic heterocycles. The van der Waals surface area contributed by atoms with Gasteiger partial charge in [0.15, 0.2) is 0 Å². The summed E-state index contributed by atoms with van der Waals surface area (Å²) in [6.07, 6.45) is 0. The van der Waals surface area contributed by atoms with E-state index in [1.807, 2.05) is 43.3 Å². The minimum atomic E-state index is -1.28. The van der Waals surface area contributed by atoms with E-state index in [-0.39, 0.29) is 11.6 Å². The maximum absolute atomic E-state index is 13.4. The van der Waals surface area contributed by atoms with Crippen molar-refractivity contribution in [2.75, 3.05) is 26.0 Å². The minimum absolute atomic E-state index is 0.0607. The molecule has 2 aromatic rings. The summed E-state index contributed by atoms with van der Waals surface area (Å²) >= 11 is 5.91. The van der Waals surface area contributed by atoms with Crippen LogP contribution in [0.25, 0.3) is 0 Å². The van der Waals surface area contributed by atoms with Gasteiger partial charge < -0.3 is 15.3 Å². The van der Waals surface area contributed by atoms with Crippen LogP contribution in [0.1, 0.15) is 22.0 Å². The number of rotatable bonds is 6. The molecule has 2 rings (SSSR count). The highest BCUT2D eigenvalue weighted by atomic mass is 35.5. The Morgan fingerprint density at radius 3 is 2.48 bits per heavy atom. The SMILES string of the molecule is CN(C)C(CNc1ccc(F)c(C(=O)O)c1)c1ccc(Cl)cc1. The Kier molecular flexibility index (Phi) is 5.58. The maximum atomic E-state index is 13.4. The molecule has 0 bridgehead atoms. The monoisotopic (exact) mass is 336 g/mol. The number of carboxylic acids is 1. The third kappa shape index (κ3) is 4.43. The first-order valence-electron chi connectivity index (χ1n) is 7.07. The van der Waals surface area contributed by atoms with Gasteiger partial charge in [0, 0.05) is 17.3 Å². The molecule has 122 valence electrons. The fourth-order valence-corrected chi connectivity index (χ4v) is 2.42. The number of hydrogen-bond donors (Lipinski definition) is 2. The van der Waals surface area contributed by atoms with Crippen molar-refractivity contribution >= 4 is 23.3 Å². The number of anilines is 1. The molecule has 4 nitrogen and oxygen atoms in total. The summed E-state index contributed by atoms with van der Waals surface area (Å²) in [5.41, 5.74) is 1.29. The predicted molar refractivity (Wildman–Crippen MR) is 89.7 cm³/mol. The normalized spacial score (nSPS) is 12.2. The molecule has 0 heterocycles. The Balaban J connectivity index is 2.15. The predicted octanol–water partition coefficient (Wildman–Crippen LogP) is 3.89. The zero-order chi connectivity index (χ0) is 17.0. The van der Waals surface area contributed by atoms with Crippen LogP contribution < -0.4 is 5.32 Å². The van der Waals surface area contributed by atoms with Crippen LogP contribution in [0.5, 0.6) is 0 Å². The molecule has 0 fully saturated rings. The van der Waals surface area contributed by atoms with E-state index >= 15 is 0 Å². The molecule has 6 heteroatoms. The number of carbonyl (C=O) groups is 1. The lowest BCUT2D eigenvalue weighted by Crippen LogP contribution is -2.26. The van der Waals surface area contributed by atoms with Crippen molar-refractivity contribution in [2.24, 2.45) is 0 Å². The summed E-state index contributed by atoms with van der Waals surface area (Å²) in [5, 5.41) is 12.8. The van der Waals surface area contributed by atoms with Gasteiger partial charge in [-0.2, -0.15) is 0 Å². The lowest BCUT2D eigenvalue weighted by Gasteiger charge is -2.25. The maximum Gasteiger partial charge on any atom is 0.338 e. The zero-order valence-corrected chi connectivity index (χ0v) is 13.6. The number of carboxylic acid groups (broad SMARTS) is 1. The number of halogens is 2. The fourth-order valence-electron chi connectivity index (χ4n) is 2.30. The molecule has 2 N–H and O–H groups in total. The molecular weight excluding hydrogens is 319 g/mol. The number of nitrogens with one attached hydrogen (secondary N) is 1. The van der Waals surface area contributed by atoms with E-state index in [2.05, 4.69) is 5.32 Å². The molecule has 23 heavy (non-hydrogen) atoms. The highest BCUT2D eigenvalue weighted by Gasteiger charge is 2.15. The van der Waals surface area contributed by atoms with E-state index in [9.17, 15) is 9.18 Å². The average molecular weight is 337 g/mol. The second-order valence-electron chi connectivity index (χ2n) is 5.41. The summed E-state index contributed by atoms with van der Waals surface area (Å²) in [6, 6.07) is 11.6. The third-order valence-corrected chi connectivity index (χ3v) is 3.83. The van der Waals surface area contributed by atoms with Crippen molar-refractivity contribution in [1.82, 2.24) is 4.90 Å². The highest BCUT2D eigenvalue weighted by Crippen LogP contribution is 2.22. The largest absolute Gasteiger partial charge is 0.478 e. The topological polar surface area (TPSA) is 52.6 Å². The molecule has 0 saturated carbocycles. The van der Waals surface area contributed by atoms with Crippen LogP contribution in [0, 0.1) is 5.82 Å². The quantitative estimate of drug-likeness (QED) is 0.840. The van der Waals surface area contributed by atoms with Gasteiger partial charge >= 0.3 is 5.97 Å². The second kappa shape index (κ2) is 7.44. The molecule has 0 amide bonds. The van der Waals surface area contributed by atoms with Crippen molar-refractivity contribution in [3.63, 3.8) is 0 Å². The van der Waals surface area contributed by atoms with Crippen molar-refractivity contribution in [2.45, 2.75) is 6.04 Å². The Morgan fingerprint density at radius 2 is 1.91 bits per heavy atom. The number of aromatic carboxylic acids is 1. The van der Waals surface area contributed by atoms with Gasteiger partial charge in [-0.3, -0.25) is 0 Å². The Morgan fingerprint density at radius 1 is 1.26 bits per heavy atom. The van der Waals surface area contributed by atoms with Gasteiger partial charge in [-0.1, -0.05) is 23.7 Å². The zero-order valence-electron chi connectivity index (χ0n) is 12.9. The van der Waals surface area contributed by atoms with Crippen LogP contribution >= 0.6 is 11.6 Å². The second-order valence-corrected chi connectivity index (χ2v) is 5.85. The standard InChI is InChI=1S/C17H18ClFN2O2/c1-21(2)16(11-3-5-12(18)6-4-11)10-20-13-7-8-15(19)14(9-13)17(22)23/h3-9,16,20H,10H2,1-2H3,(H,22,23). The Bertz CT molecular complexity index is 689. The number of nitrogens with zero attached hydrogens (tertiary/aromatic N) is 1. The molecular formula is C17H18ClFN2O2. The lowest BCUT2D eigenvalue weighted by atomic mass is 10.1. The molecule has 2 aromatic carbocycles. The number of likely N-dealkylation sites (N-methyl/N-ethyl adjacent to an activating group) is 1. The summed E-state index contributed by atoms with van der Waals surface area (Å²) in [7, 11) is 3.91. The lowest BCUT2D eigenvalue weighted by molar-refractivity contribution is 0.0692. The van der Waals surface area contributed by atoms with Gasteiger partial charge in [0.2, 0.25) is 0 Å². The summed E-state index contributed by atoms with van der Waals surface area (Å²) in [5.74, 6) is -2.03. The van der Waals surface area contributed by atoms with E-state index in [1.54, 1.807) is 0 Å². The van der Waals surface area contributed by atoms with Crippen LogP contribution in [0.2, 0.25) is 5.02 Å². The van der Waals surface area contributed by atoms with Gasteiger partial charge in [-0.15, -0.1) is 0 Å². The van der Waals surface area contributed by atoms with Crippen molar-refractivity contribution in [3.05, 3.63) is 64.4 Å². The smallest absolute Gasteiger partial charge is 0.338 e. The Hall–Kier alpha value is -2.11. The summed E-state index contributed by atoms with van der Waals surface area (Å²) in [6.45, 7) is 0.541. The van der Waals surface area contributed by atoms with Crippen LogP contribution in [0.3, 0.4) is 0 Å². The van der Waals surface area contributed by atoms with E-state index in [0.717, 1.165) is 11.6 Å². The van der Waals surface area contributed by atoms with Crippen molar-refractivity contribution in [3.8, 4) is 0 Å². The van der Waals surface area contributed by atoms with E-state index in [1.165, 1.54) is 12.1 Å². The van der Waals surface area contributed by atoms with Crippen LogP contribution in [-0.4, -0.2) is 36.6 Å². The van der Waals surface area contributed by atoms with Gasteiger partial charge in [0.25, 0.3) is 0 Å². The van der Waals surface area contributed by atoms with E-state index in [4.69, 9.17) is 16.7 Å². The van der Waals surface area contributed by atoms with Gasteiger partial charge in [-0.05, 0) is 50.0 Å². The fraction of sp³-hybridized carbons (Fsp3) is 0.235. The first-order valence-corrected chi connectivity index (χ1v) is 7.45. The molecule has 0 aliphatic heterocycles. The van der Waals surface area contributed by atoms with Crippen molar-refractivity contribution in [1.29, 1.82) is 0 Å². The van der Waals surface area contributed by atoms with Crippen LogP contribution in [0.4, 0.5) is 10.1 Å². The average Bonchev–Trinajstić information content (AvgIpc) is 2.50. The summed E-state index contributed by atoms with van der Waals surface area (Å²) < 4.78 is 13.4. The minimum Gasteiger partial charge on any atom is -0.478 e. The van der Waals surface area contributed by atoms with E-state index < -0.39 is 11.8 Å².